The van der Waals surface area contributed by atoms with E-state index in [0.717, 1.165) is 18.1 Å². The molecule has 15 heavy (non-hydrogen) atoms. The lowest BCUT2D eigenvalue weighted by Crippen LogP contribution is -2.33. The van der Waals surface area contributed by atoms with Gasteiger partial charge in [0.2, 0.25) is 5.89 Å². The monoisotopic (exact) mass is 228 g/mol. The SMILES string of the molecule is CNCc1nc(C2CSCCN2C)no1. The van der Waals surface area contributed by atoms with Gasteiger partial charge in [-0.15, -0.1) is 0 Å². The Morgan fingerprint density at radius 1 is 1.67 bits per heavy atom. The molecule has 84 valence electrons. The van der Waals surface area contributed by atoms with Gasteiger partial charge in [0, 0.05) is 18.1 Å². The third-order valence-electron chi connectivity index (χ3n) is 2.51. The van der Waals surface area contributed by atoms with Gasteiger partial charge in [0.1, 0.15) is 0 Å². The molecule has 1 aliphatic heterocycles. The molecule has 0 spiro atoms. The molecule has 1 atom stereocenters. The van der Waals surface area contributed by atoms with Crippen molar-refractivity contribution in [1.29, 1.82) is 0 Å². The van der Waals surface area contributed by atoms with Crippen LogP contribution >= 0.6 is 11.8 Å². The van der Waals surface area contributed by atoms with Crippen LogP contribution in [0.1, 0.15) is 17.8 Å². The van der Waals surface area contributed by atoms with Crippen molar-refractivity contribution in [2.75, 3.05) is 32.1 Å². The van der Waals surface area contributed by atoms with Gasteiger partial charge in [-0.1, -0.05) is 5.16 Å². The highest BCUT2D eigenvalue weighted by Crippen LogP contribution is 2.25. The minimum atomic E-state index is 0.304. The normalized spacial score (nSPS) is 23.2. The fourth-order valence-electron chi connectivity index (χ4n) is 1.58. The fourth-order valence-corrected chi connectivity index (χ4v) is 2.80. The van der Waals surface area contributed by atoms with Gasteiger partial charge in [-0.3, -0.25) is 4.90 Å². The van der Waals surface area contributed by atoms with Crippen LogP contribution in [0.5, 0.6) is 0 Å². The number of aromatic nitrogens is 2. The number of nitrogens with one attached hydrogen (secondary N) is 1. The minimum absolute atomic E-state index is 0.304. The van der Waals surface area contributed by atoms with Crippen molar-refractivity contribution >= 4 is 11.8 Å². The van der Waals surface area contributed by atoms with Gasteiger partial charge in [0.05, 0.1) is 12.6 Å². The zero-order chi connectivity index (χ0) is 10.7. The zero-order valence-corrected chi connectivity index (χ0v) is 9.88. The largest absolute Gasteiger partial charge is 0.338 e. The van der Waals surface area contributed by atoms with E-state index < -0.39 is 0 Å². The summed E-state index contributed by atoms with van der Waals surface area (Å²) in [4.78, 5) is 6.66. The van der Waals surface area contributed by atoms with Gasteiger partial charge in [-0.2, -0.15) is 16.7 Å². The quantitative estimate of drug-likeness (QED) is 0.813. The van der Waals surface area contributed by atoms with Gasteiger partial charge in [0.15, 0.2) is 5.82 Å². The van der Waals surface area contributed by atoms with Gasteiger partial charge in [-0.25, -0.2) is 0 Å². The van der Waals surface area contributed by atoms with Crippen molar-refractivity contribution < 1.29 is 4.52 Å². The van der Waals surface area contributed by atoms with Crippen molar-refractivity contribution in [1.82, 2.24) is 20.4 Å². The van der Waals surface area contributed by atoms with Crippen molar-refractivity contribution in [3.63, 3.8) is 0 Å². The highest BCUT2D eigenvalue weighted by atomic mass is 32.2. The molecule has 1 N–H and O–H groups in total. The highest BCUT2D eigenvalue weighted by Gasteiger charge is 2.25. The van der Waals surface area contributed by atoms with Gasteiger partial charge in [0.25, 0.3) is 0 Å². The summed E-state index contributed by atoms with van der Waals surface area (Å²) in [5, 5.41) is 7.02. The molecule has 6 heteroatoms. The first-order chi connectivity index (χ1) is 7.31. The molecule has 0 aliphatic carbocycles. The Morgan fingerprint density at radius 2 is 2.53 bits per heavy atom. The van der Waals surface area contributed by atoms with Crippen molar-refractivity contribution in [3.05, 3.63) is 11.7 Å². The van der Waals surface area contributed by atoms with Crippen LogP contribution in [0.25, 0.3) is 0 Å². The number of nitrogens with zero attached hydrogens (tertiary/aromatic N) is 3. The number of rotatable bonds is 3. The Hall–Kier alpha value is -0.590. The maximum atomic E-state index is 5.15. The first-order valence-electron chi connectivity index (χ1n) is 5.06. The average molecular weight is 228 g/mol. The van der Waals surface area contributed by atoms with Crippen LogP contribution in [-0.2, 0) is 6.54 Å². The molecule has 2 heterocycles. The summed E-state index contributed by atoms with van der Waals surface area (Å²) in [5.74, 6) is 3.72. The van der Waals surface area contributed by atoms with E-state index in [-0.39, 0.29) is 0 Å². The highest BCUT2D eigenvalue weighted by molar-refractivity contribution is 7.99. The second-order valence-electron chi connectivity index (χ2n) is 3.65. The maximum Gasteiger partial charge on any atom is 0.240 e. The maximum absolute atomic E-state index is 5.15. The molecule has 1 aromatic rings. The molecule has 1 aliphatic rings. The van der Waals surface area contributed by atoms with E-state index in [2.05, 4.69) is 27.4 Å². The third-order valence-corrected chi connectivity index (χ3v) is 3.53. The lowest BCUT2D eigenvalue weighted by Gasteiger charge is -2.29. The molecule has 1 saturated heterocycles. The summed E-state index contributed by atoms with van der Waals surface area (Å²) >= 11 is 1.95. The fraction of sp³-hybridized carbons (Fsp3) is 0.778. The van der Waals surface area contributed by atoms with E-state index in [1.165, 1.54) is 5.75 Å². The van der Waals surface area contributed by atoms with E-state index in [1.807, 2.05) is 18.8 Å². The summed E-state index contributed by atoms with van der Waals surface area (Å²) in [6, 6.07) is 0.304. The van der Waals surface area contributed by atoms with Crippen LogP contribution in [-0.4, -0.2) is 47.2 Å². The topological polar surface area (TPSA) is 54.2 Å². The lowest BCUT2D eigenvalue weighted by atomic mass is 10.3. The molecule has 1 aromatic heterocycles. The Balaban J connectivity index is 2.06. The molecule has 0 aromatic carbocycles. The van der Waals surface area contributed by atoms with Crippen LogP contribution in [0.3, 0.4) is 0 Å². The zero-order valence-electron chi connectivity index (χ0n) is 9.06. The van der Waals surface area contributed by atoms with Gasteiger partial charge < -0.3 is 9.84 Å². The first kappa shape index (κ1) is 10.9. The number of hydrogen-bond acceptors (Lipinski definition) is 6. The van der Waals surface area contributed by atoms with E-state index in [4.69, 9.17) is 4.52 Å². The molecule has 0 saturated carbocycles. The third kappa shape index (κ3) is 2.50. The molecular weight excluding hydrogens is 212 g/mol. The first-order valence-corrected chi connectivity index (χ1v) is 6.22. The summed E-state index contributed by atoms with van der Waals surface area (Å²) in [5.41, 5.74) is 0. The van der Waals surface area contributed by atoms with E-state index in [9.17, 15) is 0 Å². The second kappa shape index (κ2) is 4.96. The predicted molar refractivity (Wildman–Crippen MR) is 59.8 cm³/mol. The van der Waals surface area contributed by atoms with Crippen LogP contribution in [0.2, 0.25) is 0 Å². The van der Waals surface area contributed by atoms with E-state index in [1.54, 1.807) is 0 Å². The smallest absolute Gasteiger partial charge is 0.240 e. The van der Waals surface area contributed by atoms with Gasteiger partial charge >= 0.3 is 0 Å². The van der Waals surface area contributed by atoms with E-state index >= 15 is 0 Å². The summed E-state index contributed by atoms with van der Waals surface area (Å²) in [7, 11) is 3.98. The van der Waals surface area contributed by atoms with Gasteiger partial charge in [-0.05, 0) is 14.1 Å². The average Bonchev–Trinajstić information content (AvgIpc) is 2.68. The second-order valence-corrected chi connectivity index (χ2v) is 4.80. The Labute approximate surface area is 93.6 Å². The van der Waals surface area contributed by atoms with Crippen molar-refractivity contribution in [2.45, 2.75) is 12.6 Å². The van der Waals surface area contributed by atoms with Crippen molar-refractivity contribution in [2.24, 2.45) is 0 Å². The molecule has 1 fully saturated rings. The summed E-state index contributed by atoms with van der Waals surface area (Å²) < 4.78 is 5.15. The predicted octanol–water partition coefficient (Wildman–Crippen LogP) is 0.509. The lowest BCUT2D eigenvalue weighted by molar-refractivity contribution is 0.256. The summed E-state index contributed by atoms with van der Waals surface area (Å²) in [6.07, 6.45) is 0. The molecule has 0 radical (unpaired) electrons. The van der Waals surface area contributed by atoms with Crippen LogP contribution < -0.4 is 5.32 Å². The standard InChI is InChI=1S/C9H16N4OS/c1-10-5-8-11-9(12-14-8)7-6-15-4-3-13(7)2/h7,10H,3-6H2,1-2H3. The number of hydrogen-bond donors (Lipinski definition) is 1. The molecule has 5 nitrogen and oxygen atoms in total. The number of thioether (sulfide) groups is 1. The molecule has 1 unspecified atom stereocenters. The van der Waals surface area contributed by atoms with Crippen LogP contribution in [0.4, 0.5) is 0 Å². The van der Waals surface area contributed by atoms with Crippen LogP contribution in [0, 0.1) is 0 Å². The Morgan fingerprint density at radius 3 is 3.27 bits per heavy atom. The Bertz CT molecular complexity index is 317. The van der Waals surface area contributed by atoms with Crippen molar-refractivity contribution in [3.8, 4) is 0 Å². The molecular formula is C9H16N4OS. The van der Waals surface area contributed by atoms with Crippen LogP contribution in [0.15, 0.2) is 4.52 Å². The Kier molecular flexibility index (Phi) is 3.61. The minimum Gasteiger partial charge on any atom is -0.338 e. The molecule has 0 bridgehead atoms. The summed E-state index contributed by atoms with van der Waals surface area (Å²) in [6.45, 7) is 1.72. The molecule has 0 amide bonds. The van der Waals surface area contributed by atoms with E-state index in [0.29, 0.717) is 18.5 Å². The molecule has 2 rings (SSSR count).